The molecule has 3 atom stereocenters. The maximum absolute atomic E-state index is 2.51. The van der Waals surface area contributed by atoms with E-state index in [1.165, 1.54) is 33.4 Å². The normalized spacial score (nSPS) is 24.2. The summed E-state index contributed by atoms with van der Waals surface area (Å²) in [6, 6.07) is 27.0. The van der Waals surface area contributed by atoms with Crippen LogP contribution in [0.25, 0.3) is 18.2 Å². The van der Waals surface area contributed by atoms with Crippen molar-refractivity contribution in [3.8, 4) is 0 Å². The summed E-state index contributed by atoms with van der Waals surface area (Å²) in [5.41, 5.74) is 10.6. The molecule has 0 amide bonds. The first-order valence-electron chi connectivity index (χ1n) is 10.2. The minimum Gasteiger partial charge on any atom is -0.0794 e. The SMILES string of the molecule is C1=CC([SiH](C2C=Cc3ccccc32)C2C=Cc3ccccc32)c2ccccc21. The lowest BCUT2D eigenvalue weighted by Crippen LogP contribution is -2.35. The summed E-state index contributed by atoms with van der Waals surface area (Å²) < 4.78 is 0. The van der Waals surface area contributed by atoms with E-state index < -0.39 is 8.80 Å². The molecule has 0 saturated carbocycles. The Morgan fingerprint density at radius 1 is 0.429 bits per heavy atom. The number of allylic oxidation sites excluding steroid dienone is 3. The van der Waals surface area contributed by atoms with Crippen molar-refractivity contribution in [2.75, 3.05) is 0 Å². The minimum atomic E-state index is -1.36. The van der Waals surface area contributed by atoms with Crippen LogP contribution in [0.1, 0.15) is 50.0 Å². The third-order valence-corrected chi connectivity index (χ3v) is 11.0. The highest BCUT2D eigenvalue weighted by atomic mass is 28.3. The van der Waals surface area contributed by atoms with Crippen LogP contribution in [-0.2, 0) is 0 Å². The number of fused-ring (bicyclic) bond motifs is 3. The van der Waals surface area contributed by atoms with Crippen molar-refractivity contribution in [2.24, 2.45) is 0 Å². The Hall–Kier alpha value is -2.90. The van der Waals surface area contributed by atoms with Crippen LogP contribution < -0.4 is 0 Å². The van der Waals surface area contributed by atoms with Gasteiger partial charge in [-0.25, -0.2) is 0 Å². The van der Waals surface area contributed by atoms with E-state index in [-0.39, 0.29) is 0 Å². The van der Waals surface area contributed by atoms with Crippen LogP contribution in [0.2, 0.25) is 0 Å². The number of hydrogen-bond acceptors (Lipinski definition) is 0. The van der Waals surface area contributed by atoms with Gasteiger partial charge in [0.25, 0.3) is 0 Å². The zero-order valence-electron chi connectivity index (χ0n) is 15.7. The molecule has 0 nitrogen and oxygen atoms in total. The van der Waals surface area contributed by atoms with Crippen LogP contribution in [0.15, 0.2) is 91.0 Å². The molecular formula is C27H22Si. The van der Waals surface area contributed by atoms with Gasteiger partial charge in [0.2, 0.25) is 0 Å². The maximum atomic E-state index is 2.51. The first-order valence-corrected chi connectivity index (χ1v) is 12.2. The average molecular weight is 375 g/mol. The molecule has 6 rings (SSSR count). The molecule has 0 aliphatic heterocycles. The third-order valence-electron chi connectivity index (χ3n) is 6.76. The summed E-state index contributed by atoms with van der Waals surface area (Å²) in [6.45, 7) is 0. The predicted octanol–water partition coefficient (Wildman–Crippen LogP) is 6.26. The van der Waals surface area contributed by atoms with Gasteiger partial charge in [0.15, 0.2) is 0 Å². The van der Waals surface area contributed by atoms with Crippen molar-refractivity contribution in [2.45, 2.75) is 16.6 Å². The van der Waals surface area contributed by atoms with E-state index in [9.17, 15) is 0 Å². The van der Waals surface area contributed by atoms with Gasteiger partial charge in [-0.15, -0.1) is 0 Å². The van der Waals surface area contributed by atoms with E-state index >= 15 is 0 Å². The number of rotatable bonds is 3. The Bertz CT molecular complexity index is 1000. The van der Waals surface area contributed by atoms with Crippen molar-refractivity contribution in [3.63, 3.8) is 0 Å². The van der Waals surface area contributed by atoms with Gasteiger partial charge in [0.1, 0.15) is 0 Å². The first kappa shape index (κ1) is 16.1. The van der Waals surface area contributed by atoms with E-state index in [0.29, 0.717) is 16.6 Å². The Morgan fingerprint density at radius 2 is 0.750 bits per heavy atom. The van der Waals surface area contributed by atoms with E-state index in [1.54, 1.807) is 0 Å². The molecule has 0 aromatic heterocycles. The van der Waals surface area contributed by atoms with Crippen molar-refractivity contribution in [3.05, 3.63) is 124 Å². The summed E-state index contributed by atoms with van der Waals surface area (Å²) in [6.07, 6.45) is 14.6. The Balaban J connectivity index is 1.51. The standard InChI is InChI=1S/C27H22Si/c1-4-10-22-19(7-1)13-16-25(22)28(26-17-14-20-8-2-5-11-23(20)26)27-18-15-21-9-3-6-12-24(21)27/h1-18,25-28H. The summed E-state index contributed by atoms with van der Waals surface area (Å²) in [5.74, 6) is 0. The quantitative estimate of drug-likeness (QED) is 0.474. The van der Waals surface area contributed by atoms with Gasteiger partial charge in [0.05, 0.1) is 8.80 Å². The fourth-order valence-electron chi connectivity index (χ4n) is 5.51. The molecule has 1 heteroatoms. The fraction of sp³-hybridized carbons (Fsp3) is 0.111. The van der Waals surface area contributed by atoms with Crippen LogP contribution in [0.4, 0.5) is 0 Å². The zero-order chi connectivity index (χ0) is 18.5. The molecule has 3 unspecified atom stereocenters. The number of hydrogen-bond donors (Lipinski definition) is 0. The molecule has 3 aliphatic carbocycles. The van der Waals surface area contributed by atoms with Gasteiger partial charge in [0, 0.05) is 0 Å². The molecule has 0 heterocycles. The molecule has 0 bridgehead atoms. The fourth-order valence-corrected chi connectivity index (χ4v) is 10.1. The monoisotopic (exact) mass is 374 g/mol. The van der Waals surface area contributed by atoms with Gasteiger partial charge >= 0.3 is 0 Å². The average Bonchev–Trinajstić information content (AvgIpc) is 3.47. The van der Waals surface area contributed by atoms with Gasteiger partial charge in [-0.1, -0.05) is 109 Å². The summed E-state index contributed by atoms with van der Waals surface area (Å²) in [4.78, 5) is 0. The Kier molecular flexibility index (Phi) is 3.63. The van der Waals surface area contributed by atoms with E-state index in [2.05, 4.69) is 109 Å². The highest BCUT2D eigenvalue weighted by Gasteiger charge is 2.41. The lowest BCUT2D eigenvalue weighted by molar-refractivity contribution is 1.01. The highest BCUT2D eigenvalue weighted by molar-refractivity contribution is 6.66. The smallest absolute Gasteiger partial charge is 0.0743 e. The molecular weight excluding hydrogens is 352 g/mol. The topological polar surface area (TPSA) is 0 Å². The summed E-state index contributed by atoms with van der Waals surface area (Å²) in [5, 5.41) is 0. The van der Waals surface area contributed by atoms with Crippen LogP contribution in [-0.4, -0.2) is 8.80 Å². The molecule has 134 valence electrons. The molecule has 3 aromatic rings. The largest absolute Gasteiger partial charge is 0.0794 e. The molecule has 0 radical (unpaired) electrons. The van der Waals surface area contributed by atoms with Crippen molar-refractivity contribution in [1.29, 1.82) is 0 Å². The van der Waals surface area contributed by atoms with Crippen molar-refractivity contribution in [1.82, 2.24) is 0 Å². The lowest BCUT2D eigenvalue weighted by atomic mass is 10.1. The summed E-state index contributed by atoms with van der Waals surface area (Å²) >= 11 is 0. The van der Waals surface area contributed by atoms with Gasteiger partial charge in [-0.05, 0) is 50.0 Å². The maximum Gasteiger partial charge on any atom is 0.0743 e. The second-order valence-electron chi connectivity index (χ2n) is 8.12. The second-order valence-corrected chi connectivity index (χ2v) is 11.4. The summed E-state index contributed by atoms with van der Waals surface area (Å²) in [7, 11) is -1.36. The molecule has 0 saturated heterocycles. The number of benzene rings is 3. The zero-order valence-corrected chi connectivity index (χ0v) is 16.9. The van der Waals surface area contributed by atoms with Crippen LogP contribution in [0.5, 0.6) is 0 Å². The predicted molar refractivity (Wildman–Crippen MR) is 122 cm³/mol. The highest BCUT2D eigenvalue weighted by Crippen LogP contribution is 2.48. The van der Waals surface area contributed by atoms with E-state index in [1.807, 2.05) is 0 Å². The van der Waals surface area contributed by atoms with E-state index in [0.717, 1.165) is 0 Å². The second kappa shape index (κ2) is 6.32. The molecule has 28 heavy (non-hydrogen) atoms. The van der Waals surface area contributed by atoms with E-state index in [4.69, 9.17) is 0 Å². The molecule has 0 fully saturated rings. The van der Waals surface area contributed by atoms with Crippen LogP contribution in [0.3, 0.4) is 0 Å². The molecule has 3 aliphatic rings. The molecule has 3 aromatic carbocycles. The molecule has 0 spiro atoms. The van der Waals surface area contributed by atoms with Gasteiger partial charge in [-0.2, -0.15) is 0 Å². The van der Waals surface area contributed by atoms with Crippen LogP contribution in [0, 0.1) is 0 Å². The van der Waals surface area contributed by atoms with Crippen molar-refractivity contribution < 1.29 is 0 Å². The lowest BCUT2D eigenvalue weighted by Gasteiger charge is -2.33. The first-order chi connectivity index (χ1) is 13.9. The van der Waals surface area contributed by atoms with Crippen molar-refractivity contribution >= 4 is 27.0 Å². The third kappa shape index (κ3) is 2.36. The molecule has 0 N–H and O–H groups in total. The van der Waals surface area contributed by atoms with Crippen LogP contribution >= 0.6 is 0 Å². The Labute approximate surface area is 168 Å². The Morgan fingerprint density at radius 3 is 1.11 bits per heavy atom. The van der Waals surface area contributed by atoms with Gasteiger partial charge in [-0.3, -0.25) is 0 Å². The minimum absolute atomic E-state index is 0.567. The van der Waals surface area contributed by atoms with Gasteiger partial charge < -0.3 is 0 Å².